The van der Waals surface area contributed by atoms with Crippen molar-refractivity contribution in [2.75, 3.05) is 13.7 Å². The quantitative estimate of drug-likeness (QED) is 0.825. The first-order chi connectivity index (χ1) is 9.08. The lowest BCUT2D eigenvalue weighted by Crippen LogP contribution is -2.43. The second kappa shape index (κ2) is 7.41. The monoisotopic (exact) mass is 265 g/mol. The minimum Gasteiger partial charge on any atom is -0.467 e. The zero-order valence-corrected chi connectivity index (χ0v) is 11.4. The molecule has 0 spiro atoms. The van der Waals surface area contributed by atoms with Gasteiger partial charge in [0.05, 0.1) is 13.7 Å². The largest absolute Gasteiger partial charge is 0.467 e. The number of aryl methyl sites for hydroxylation is 1. The van der Waals surface area contributed by atoms with Crippen molar-refractivity contribution < 1.29 is 19.1 Å². The predicted octanol–water partition coefficient (Wildman–Crippen LogP) is 1.83. The summed E-state index contributed by atoms with van der Waals surface area (Å²) in [5.74, 6) is -0.490. The van der Waals surface area contributed by atoms with Crippen molar-refractivity contribution in [3.05, 3.63) is 35.4 Å². The van der Waals surface area contributed by atoms with E-state index in [-0.39, 0.29) is 6.61 Å². The standard InChI is InChI=1S/C14H19NO4/c1-4-19-14(17)15-12(13(16)18-3)9-11-8-6-5-7-10(11)2/h5-8,12H,4,9H2,1-3H3,(H,15,17). The average molecular weight is 265 g/mol. The number of methoxy groups -OCH3 is 1. The summed E-state index contributed by atoms with van der Waals surface area (Å²) in [6.07, 6.45) is -0.246. The second-order valence-corrected chi connectivity index (χ2v) is 4.07. The zero-order chi connectivity index (χ0) is 14.3. The van der Waals surface area contributed by atoms with Gasteiger partial charge in [0, 0.05) is 6.42 Å². The maximum Gasteiger partial charge on any atom is 0.407 e. The van der Waals surface area contributed by atoms with E-state index in [1.54, 1.807) is 6.92 Å². The van der Waals surface area contributed by atoms with Gasteiger partial charge in [0.2, 0.25) is 0 Å². The molecule has 5 nitrogen and oxygen atoms in total. The van der Waals surface area contributed by atoms with Crippen LogP contribution in [0.1, 0.15) is 18.1 Å². The Bertz CT molecular complexity index is 445. The maximum atomic E-state index is 11.7. The highest BCUT2D eigenvalue weighted by molar-refractivity contribution is 5.81. The summed E-state index contributed by atoms with van der Waals surface area (Å²) < 4.78 is 9.47. The van der Waals surface area contributed by atoms with Gasteiger partial charge in [-0.15, -0.1) is 0 Å². The summed E-state index contributed by atoms with van der Waals surface area (Å²) in [6, 6.07) is 6.93. The van der Waals surface area contributed by atoms with Gasteiger partial charge in [0.15, 0.2) is 0 Å². The lowest BCUT2D eigenvalue weighted by atomic mass is 10.0. The first kappa shape index (κ1) is 15.0. The van der Waals surface area contributed by atoms with Gasteiger partial charge in [-0.2, -0.15) is 0 Å². The van der Waals surface area contributed by atoms with Crippen molar-refractivity contribution in [3.63, 3.8) is 0 Å². The molecule has 19 heavy (non-hydrogen) atoms. The van der Waals surface area contributed by atoms with Gasteiger partial charge in [0.1, 0.15) is 6.04 Å². The number of carbonyl (C=O) groups excluding carboxylic acids is 2. The van der Waals surface area contributed by atoms with E-state index in [1.165, 1.54) is 7.11 Å². The van der Waals surface area contributed by atoms with Gasteiger partial charge in [-0.1, -0.05) is 24.3 Å². The molecule has 0 heterocycles. The van der Waals surface area contributed by atoms with Crippen LogP contribution < -0.4 is 5.32 Å². The number of carbonyl (C=O) groups is 2. The highest BCUT2D eigenvalue weighted by Crippen LogP contribution is 2.10. The van der Waals surface area contributed by atoms with Crippen molar-refractivity contribution in [1.82, 2.24) is 5.32 Å². The molecule has 1 N–H and O–H groups in total. The molecular weight excluding hydrogens is 246 g/mol. The molecule has 1 rings (SSSR count). The van der Waals surface area contributed by atoms with E-state index in [1.807, 2.05) is 31.2 Å². The van der Waals surface area contributed by atoms with Crippen LogP contribution in [0.15, 0.2) is 24.3 Å². The fourth-order valence-electron chi connectivity index (χ4n) is 1.71. The molecule has 0 saturated carbocycles. The van der Waals surface area contributed by atoms with Crippen molar-refractivity contribution in [2.45, 2.75) is 26.3 Å². The number of esters is 1. The van der Waals surface area contributed by atoms with Gasteiger partial charge in [-0.05, 0) is 25.0 Å². The van der Waals surface area contributed by atoms with Crippen LogP contribution in [0.5, 0.6) is 0 Å². The van der Waals surface area contributed by atoms with E-state index in [2.05, 4.69) is 5.32 Å². The number of ether oxygens (including phenoxy) is 2. The van der Waals surface area contributed by atoms with Crippen LogP contribution in [-0.4, -0.2) is 31.8 Å². The molecule has 1 amide bonds. The van der Waals surface area contributed by atoms with Crippen molar-refractivity contribution in [2.24, 2.45) is 0 Å². The van der Waals surface area contributed by atoms with E-state index < -0.39 is 18.1 Å². The van der Waals surface area contributed by atoms with Crippen molar-refractivity contribution in [3.8, 4) is 0 Å². The molecule has 0 aliphatic carbocycles. The first-order valence-corrected chi connectivity index (χ1v) is 6.14. The number of nitrogens with one attached hydrogen (secondary N) is 1. The minimum atomic E-state index is -0.745. The first-order valence-electron chi connectivity index (χ1n) is 6.14. The molecule has 1 aromatic rings. The Morgan fingerprint density at radius 2 is 2.00 bits per heavy atom. The van der Waals surface area contributed by atoms with Gasteiger partial charge in [0.25, 0.3) is 0 Å². The Hall–Kier alpha value is -2.04. The minimum absolute atomic E-state index is 0.254. The molecule has 0 saturated heterocycles. The molecule has 0 aromatic heterocycles. The zero-order valence-electron chi connectivity index (χ0n) is 11.4. The molecule has 0 aliphatic rings. The molecular formula is C14H19NO4. The van der Waals surface area contributed by atoms with E-state index in [0.717, 1.165) is 11.1 Å². The Labute approximate surface area is 112 Å². The average Bonchev–Trinajstić information content (AvgIpc) is 2.39. The Morgan fingerprint density at radius 1 is 1.32 bits per heavy atom. The van der Waals surface area contributed by atoms with E-state index in [0.29, 0.717) is 6.42 Å². The van der Waals surface area contributed by atoms with Crippen LogP contribution in [0.2, 0.25) is 0 Å². The summed E-state index contributed by atoms with van der Waals surface area (Å²) in [6.45, 7) is 3.91. The third-order valence-corrected chi connectivity index (χ3v) is 2.74. The van der Waals surface area contributed by atoms with Crippen molar-refractivity contribution in [1.29, 1.82) is 0 Å². The van der Waals surface area contributed by atoms with Crippen LogP contribution in [0.3, 0.4) is 0 Å². The molecule has 0 radical (unpaired) electrons. The summed E-state index contributed by atoms with van der Waals surface area (Å²) in [7, 11) is 1.29. The normalized spacial score (nSPS) is 11.5. The molecule has 1 aromatic carbocycles. The van der Waals surface area contributed by atoms with E-state index >= 15 is 0 Å². The molecule has 0 fully saturated rings. The highest BCUT2D eigenvalue weighted by Gasteiger charge is 2.22. The molecule has 0 bridgehead atoms. The van der Waals surface area contributed by atoms with Crippen LogP contribution >= 0.6 is 0 Å². The van der Waals surface area contributed by atoms with E-state index in [4.69, 9.17) is 9.47 Å². The maximum absolute atomic E-state index is 11.7. The van der Waals surface area contributed by atoms with E-state index in [9.17, 15) is 9.59 Å². The number of hydrogen-bond acceptors (Lipinski definition) is 4. The highest BCUT2D eigenvalue weighted by atomic mass is 16.6. The second-order valence-electron chi connectivity index (χ2n) is 4.07. The Balaban J connectivity index is 2.78. The molecule has 104 valence electrons. The Kier molecular flexibility index (Phi) is 5.85. The molecule has 0 aliphatic heterocycles. The summed E-state index contributed by atoms with van der Waals surface area (Å²) >= 11 is 0. The lowest BCUT2D eigenvalue weighted by molar-refractivity contribution is -0.142. The summed E-state index contributed by atoms with van der Waals surface area (Å²) in [5.41, 5.74) is 2.04. The van der Waals surface area contributed by atoms with Gasteiger partial charge in [-0.25, -0.2) is 9.59 Å². The SMILES string of the molecule is CCOC(=O)NC(Cc1ccccc1C)C(=O)OC. The smallest absolute Gasteiger partial charge is 0.407 e. The van der Waals surface area contributed by atoms with Gasteiger partial charge < -0.3 is 14.8 Å². The van der Waals surface area contributed by atoms with Crippen LogP contribution in [0, 0.1) is 6.92 Å². The third-order valence-electron chi connectivity index (χ3n) is 2.74. The predicted molar refractivity (Wildman–Crippen MR) is 70.8 cm³/mol. The van der Waals surface area contributed by atoms with Crippen LogP contribution in [0.4, 0.5) is 4.79 Å². The van der Waals surface area contributed by atoms with Crippen LogP contribution in [0.25, 0.3) is 0 Å². The summed E-state index contributed by atoms with van der Waals surface area (Å²) in [5, 5.41) is 2.51. The third kappa shape index (κ3) is 4.62. The van der Waals surface area contributed by atoms with Crippen molar-refractivity contribution >= 4 is 12.1 Å². The topological polar surface area (TPSA) is 64.6 Å². The number of hydrogen-bond donors (Lipinski definition) is 1. The van der Waals surface area contributed by atoms with Gasteiger partial charge >= 0.3 is 12.1 Å². The molecule has 1 atom stereocenters. The lowest BCUT2D eigenvalue weighted by Gasteiger charge is -2.17. The number of alkyl carbamates (subject to hydrolysis) is 1. The molecule has 5 heteroatoms. The number of benzene rings is 1. The van der Waals surface area contributed by atoms with Crippen LogP contribution in [-0.2, 0) is 20.7 Å². The Morgan fingerprint density at radius 3 is 2.58 bits per heavy atom. The van der Waals surface area contributed by atoms with Gasteiger partial charge in [-0.3, -0.25) is 0 Å². The fourth-order valence-corrected chi connectivity index (χ4v) is 1.71. The summed E-state index contributed by atoms with van der Waals surface area (Å²) in [4.78, 5) is 23.1. The number of rotatable bonds is 5. The molecule has 1 unspecified atom stereocenters. The number of amides is 1. The fraction of sp³-hybridized carbons (Fsp3) is 0.429.